The summed E-state index contributed by atoms with van der Waals surface area (Å²) in [4.78, 5) is 22.5. The number of alkyl halides is 6. The number of hydrogen-bond donors (Lipinski definition) is 1. The molecule has 16 heteroatoms. The number of amides is 2. The lowest BCUT2D eigenvalue weighted by atomic mass is 10.2. The Labute approximate surface area is 124 Å². The first-order valence-corrected chi connectivity index (χ1v) is 8.18. The van der Waals surface area contributed by atoms with E-state index in [0.29, 0.717) is 0 Å². The minimum absolute atomic E-state index is 0.512. The quantitative estimate of drug-likeness (QED) is 0.665. The Morgan fingerprint density at radius 3 is 1.65 bits per heavy atom. The summed E-state index contributed by atoms with van der Waals surface area (Å²) in [5.41, 5.74) is -13.0. The zero-order chi connectivity index (χ0) is 18.4. The van der Waals surface area contributed by atoms with Gasteiger partial charge in [0.15, 0.2) is 0 Å². The lowest BCUT2D eigenvalue weighted by Gasteiger charge is -2.25. The van der Waals surface area contributed by atoms with Gasteiger partial charge in [-0.15, -0.1) is 3.71 Å². The third kappa shape index (κ3) is 3.36. The summed E-state index contributed by atoms with van der Waals surface area (Å²) in [6.45, 7) is 0. The largest absolute Gasteiger partial charge is 0.517 e. The monoisotopic (exact) mass is 392 g/mol. The van der Waals surface area contributed by atoms with Crippen molar-refractivity contribution in [3.05, 3.63) is 0 Å². The van der Waals surface area contributed by atoms with Crippen LogP contribution in [0.3, 0.4) is 0 Å². The third-order valence-corrected chi connectivity index (χ3v) is 6.08. The highest BCUT2D eigenvalue weighted by molar-refractivity contribution is 8.05. The number of carbonyl (C=O) groups excluding carboxylic acids is 2. The van der Waals surface area contributed by atoms with Crippen LogP contribution in [0.1, 0.15) is 12.8 Å². The molecule has 0 saturated carbocycles. The van der Waals surface area contributed by atoms with Gasteiger partial charge >= 0.3 is 31.1 Å². The van der Waals surface area contributed by atoms with Crippen LogP contribution in [0, 0.1) is 0 Å². The van der Waals surface area contributed by atoms with Crippen molar-refractivity contribution in [1.82, 2.24) is 9.03 Å². The van der Waals surface area contributed by atoms with E-state index in [4.69, 9.17) is 0 Å². The minimum atomic E-state index is -7.21. The number of sulfonamides is 2. The van der Waals surface area contributed by atoms with Crippen molar-refractivity contribution >= 4 is 31.9 Å². The number of carbonyl (C=O) groups is 2. The highest BCUT2D eigenvalue weighted by Crippen LogP contribution is 2.36. The van der Waals surface area contributed by atoms with E-state index in [2.05, 4.69) is 0 Å². The molecule has 23 heavy (non-hydrogen) atoms. The number of halogens is 6. The van der Waals surface area contributed by atoms with E-state index in [9.17, 15) is 52.8 Å². The highest BCUT2D eigenvalue weighted by Gasteiger charge is 2.64. The topological polar surface area (TPSA) is 118 Å². The van der Waals surface area contributed by atoms with Crippen molar-refractivity contribution in [2.24, 2.45) is 0 Å². The molecule has 0 unspecified atom stereocenters. The van der Waals surface area contributed by atoms with E-state index in [1.54, 1.807) is 5.32 Å². The molecular weight excluding hydrogens is 386 g/mol. The van der Waals surface area contributed by atoms with Crippen LogP contribution < -0.4 is 5.32 Å². The van der Waals surface area contributed by atoms with Crippen molar-refractivity contribution in [3.8, 4) is 0 Å². The van der Waals surface area contributed by atoms with Gasteiger partial charge in [0.1, 0.15) is 6.04 Å². The Bertz CT molecular complexity index is 679. The molecule has 0 aromatic heterocycles. The number of nitrogens with zero attached hydrogens (tertiary/aromatic N) is 1. The molecule has 1 fully saturated rings. The summed E-state index contributed by atoms with van der Waals surface area (Å²) in [6.07, 6.45) is -1.18. The molecule has 1 aliphatic heterocycles. The SMILES string of the molecule is O=C1CC[C@@H](C(=O)N(S(=O)(=O)C(F)(F)F)S(=O)(=O)C(F)(F)F)N1. The standard InChI is InChI=1S/C7H6F6N2O6S2/c8-6(9,10)22(18,19)15(23(20,21)7(11,12)13)5(17)3-1-2-4(16)14-3/h3H,1-2H2,(H,14,16)/t3-/m0/s1. The van der Waals surface area contributed by atoms with Crippen molar-refractivity contribution in [2.45, 2.75) is 29.9 Å². The van der Waals surface area contributed by atoms with E-state index in [1.807, 2.05) is 0 Å². The van der Waals surface area contributed by atoms with Crippen LogP contribution in [0.5, 0.6) is 0 Å². The summed E-state index contributed by atoms with van der Waals surface area (Å²) in [6, 6.07) is -2.16. The maximum atomic E-state index is 12.4. The first kappa shape index (κ1) is 19.5. The molecule has 0 aromatic carbocycles. The van der Waals surface area contributed by atoms with Crippen molar-refractivity contribution in [2.75, 3.05) is 0 Å². The third-order valence-electron chi connectivity index (χ3n) is 2.49. The number of hydrogen-bond acceptors (Lipinski definition) is 6. The normalized spacial score (nSPS) is 20.3. The fourth-order valence-corrected chi connectivity index (χ4v) is 4.13. The van der Waals surface area contributed by atoms with Crippen LogP contribution >= 0.6 is 0 Å². The molecule has 0 aliphatic carbocycles. The summed E-state index contributed by atoms with van der Waals surface area (Å²) in [5.74, 6) is -3.55. The molecule has 1 N–H and O–H groups in total. The Balaban J connectivity index is 3.52. The zero-order valence-electron chi connectivity index (χ0n) is 10.5. The molecule has 8 nitrogen and oxygen atoms in total. The van der Waals surface area contributed by atoms with Gasteiger partial charge in [0.2, 0.25) is 5.91 Å². The summed E-state index contributed by atoms with van der Waals surface area (Å²) in [5, 5.41) is 1.59. The number of nitrogens with one attached hydrogen (secondary N) is 1. The Hall–Kier alpha value is -1.58. The molecule has 0 bridgehead atoms. The number of rotatable bonds is 3. The Morgan fingerprint density at radius 2 is 1.39 bits per heavy atom. The second kappa shape index (κ2) is 5.50. The first-order valence-electron chi connectivity index (χ1n) is 5.29. The molecule has 2 amide bonds. The fraction of sp³-hybridized carbons (Fsp3) is 0.714. The molecule has 0 radical (unpaired) electrons. The predicted octanol–water partition coefficient (Wildman–Crippen LogP) is -0.207. The lowest BCUT2D eigenvalue weighted by molar-refractivity contribution is -0.129. The first-order chi connectivity index (χ1) is 10.0. The van der Waals surface area contributed by atoms with Crippen molar-refractivity contribution < 1.29 is 52.8 Å². The van der Waals surface area contributed by atoms with Crippen LogP contribution in [0.4, 0.5) is 26.3 Å². The zero-order valence-corrected chi connectivity index (χ0v) is 12.1. The van der Waals surface area contributed by atoms with E-state index >= 15 is 0 Å². The second-order valence-electron chi connectivity index (χ2n) is 4.10. The summed E-state index contributed by atoms with van der Waals surface area (Å²) >= 11 is 0. The van der Waals surface area contributed by atoms with E-state index in [1.165, 1.54) is 0 Å². The average molecular weight is 392 g/mol. The molecule has 134 valence electrons. The molecular formula is C7H6F6N2O6S2. The molecule has 1 saturated heterocycles. The highest BCUT2D eigenvalue weighted by atomic mass is 32.3. The van der Waals surface area contributed by atoms with Gasteiger partial charge in [-0.3, -0.25) is 9.59 Å². The molecule has 0 aromatic rings. The Kier molecular flexibility index (Phi) is 4.65. The molecule has 1 rings (SSSR count). The van der Waals surface area contributed by atoms with Gasteiger partial charge in [0.25, 0.3) is 5.91 Å². The van der Waals surface area contributed by atoms with Crippen molar-refractivity contribution in [3.63, 3.8) is 0 Å². The van der Waals surface area contributed by atoms with Crippen LogP contribution in [0.2, 0.25) is 0 Å². The Morgan fingerprint density at radius 1 is 1.00 bits per heavy atom. The van der Waals surface area contributed by atoms with Crippen LogP contribution in [-0.2, 0) is 29.6 Å². The molecule has 1 heterocycles. The van der Waals surface area contributed by atoms with Gasteiger partial charge < -0.3 is 5.32 Å². The smallest absolute Gasteiger partial charge is 0.344 e. The van der Waals surface area contributed by atoms with Gasteiger partial charge in [0, 0.05) is 6.42 Å². The van der Waals surface area contributed by atoms with Gasteiger partial charge in [-0.2, -0.15) is 43.2 Å². The maximum absolute atomic E-state index is 12.4. The van der Waals surface area contributed by atoms with Crippen LogP contribution in [0.15, 0.2) is 0 Å². The second-order valence-corrected chi connectivity index (χ2v) is 7.88. The van der Waals surface area contributed by atoms with Crippen molar-refractivity contribution in [1.29, 1.82) is 0 Å². The van der Waals surface area contributed by atoms with E-state index in [-0.39, 0.29) is 0 Å². The van der Waals surface area contributed by atoms with Gasteiger partial charge in [-0.1, -0.05) is 0 Å². The predicted molar refractivity (Wildman–Crippen MR) is 58.0 cm³/mol. The minimum Gasteiger partial charge on any atom is -0.344 e. The van der Waals surface area contributed by atoms with E-state index < -0.39 is 65.5 Å². The molecule has 0 spiro atoms. The van der Waals surface area contributed by atoms with E-state index in [0.717, 1.165) is 0 Å². The maximum Gasteiger partial charge on any atom is 0.517 e. The average Bonchev–Trinajstić information content (AvgIpc) is 2.72. The summed E-state index contributed by atoms with van der Waals surface area (Å²) < 4.78 is 117. The van der Waals surface area contributed by atoms with Gasteiger partial charge in [0.05, 0.1) is 0 Å². The summed E-state index contributed by atoms with van der Waals surface area (Å²) in [7, 11) is -14.4. The molecule has 1 atom stereocenters. The van der Waals surface area contributed by atoms with Crippen LogP contribution in [-0.4, -0.2) is 49.4 Å². The molecule has 1 aliphatic rings. The van der Waals surface area contributed by atoms with Crippen LogP contribution in [0.25, 0.3) is 0 Å². The van der Waals surface area contributed by atoms with Gasteiger partial charge in [-0.25, -0.2) is 0 Å². The fourth-order valence-electron chi connectivity index (χ4n) is 1.48. The van der Waals surface area contributed by atoms with Gasteiger partial charge in [-0.05, 0) is 6.42 Å². The lowest BCUT2D eigenvalue weighted by Crippen LogP contribution is -2.56.